The number of alkyl halides is 3. The molecule has 182 valence electrons. The van der Waals surface area contributed by atoms with E-state index in [1.165, 1.54) is 25.1 Å². The maximum absolute atomic E-state index is 12.1. The third-order valence-electron chi connectivity index (χ3n) is 5.75. The maximum atomic E-state index is 12.1. The summed E-state index contributed by atoms with van der Waals surface area (Å²) in [7, 11) is -0.128. The van der Waals surface area contributed by atoms with Crippen LogP contribution < -0.4 is 4.74 Å². The molecule has 5 aromatic rings. The first-order valence-corrected chi connectivity index (χ1v) is 12.6. The lowest BCUT2D eigenvalue weighted by molar-refractivity contribution is -0.187. The number of thiophene rings is 1. The zero-order valence-electron chi connectivity index (χ0n) is 19.1. The Kier molecular flexibility index (Phi) is 6.65. The number of benzene rings is 4. The van der Waals surface area contributed by atoms with Crippen LogP contribution in [0.3, 0.4) is 0 Å². The fraction of sp³-hybridized carbons (Fsp3) is 0.138. The Morgan fingerprint density at radius 1 is 0.722 bits per heavy atom. The first-order chi connectivity index (χ1) is 17.4. The van der Waals surface area contributed by atoms with E-state index in [4.69, 9.17) is 4.74 Å². The van der Waals surface area contributed by atoms with Crippen LogP contribution in [0.1, 0.15) is 11.1 Å². The molecular weight excluding hydrogens is 485 g/mol. The fourth-order valence-electron chi connectivity index (χ4n) is 4.14. The molecule has 1 heterocycles. The first kappa shape index (κ1) is 23.9. The van der Waals surface area contributed by atoms with Gasteiger partial charge in [0.25, 0.3) is 0 Å². The molecule has 0 atom stereocenters. The summed E-state index contributed by atoms with van der Waals surface area (Å²) in [4.78, 5) is 12.7. The van der Waals surface area contributed by atoms with Crippen LogP contribution in [-0.4, -0.2) is 25.4 Å². The van der Waals surface area contributed by atoms with Gasteiger partial charge in [-0.1, -0.05) is 48.5 Å². The van der Waals surface area contributed by atoms with Crippen LogP contribution in [0.4, 0.5) is 13.2 Å². The predicted octanol–water partition coefficient (Wildman–Crippen LogP) is 7.81. The average Bonchev–Trinajstić information content (AvgIpc) is 3.22. The molecule has 0 radical (unpaired) electrons. The van der Waals surface area contributed by atoms with Crippen molar-refractivity contribution < 1.29 is 27.4 Å². The Bertz CT molecular complexity index is 1450. The Morgan fingerprint density at radius 3 is 1.81 bits per heavy atom. The van der Waals surface area contributed by atoms with E-state index in [0.717, 1.165) is 17.5 Å². The van der Waals surface area contributed by atoms with Crippen molar-refractivity contribution in [1.29, 1.82) is 0 Å². The lowest BCUT2D eigenvalue weighted by atomic mass is 10.1. The average molecular weight is 508 g/mol. The molecule has 0 saturated carbocycles. The molecule has 0 saturated heterocycles. The second-order valence-corrected chi connectivity index (χ2v) is 10.3. The highest BCUT2D eigenvalue weighted by molar-refractivity contribution is 7.50. The lowest BCUT2D eigenvalue weighted by Crippen LogP contribution is -2.23. The molecule has 1 aromatic heterocycles. The predicted molar refractivity (Wildman–Crippen MR) is 137 cm³/mol. The number of esters is 1. The standard InChI is InChI=1S/C29H22F3O3S/c30-29(31,32)19-35-28(33)18-34-22-13-9-20(10-14-22)17-21-11-15-23(16-12-21)36-26-7-3-1-5-24(26)25-6-2-4-8-27(25)36/h1-16H,17-19H2/q+1. The highest BCUT2D eigenvalue weighted by Crippen LogP contribution is 2.48. The van der Waals surface area contributed by atoms with Gasteiger partial charge in [0.05, 0.1) is 0 Å². The molecule has 0 aliphatic heterocycles. The van der Waals surface area contributed by atoms with Gasteiger partial charge in [0.15, 0.2) is 27.5 Å². The van der Waals surface area contributed by atoms with E-state index >= 15 is 0 Å². The molecule has 36 heavy (non-hydrogen) atoms. The van der Waals surface area contributed by atoms with Crippen molar-refractivity contribution in [3.8, 4) is 10.6 Å². The Morgan fingerprint density at radius 2 is 1.25 bits per heavy atom. The number of hydrogen-bond acceptors (Lipinski definition) is 3. The van der Waals surface area contributed by atoms with Gasteiger partial charge in [0.2, 0.25) is 0 Å². The highest BCUT2D eigenvalue weighted by Gasteiger charge is 2.29. The summed E-state index contributed by atoms with van der Waals surface area (Å²) < 4.78 is 48.4. The van der Waals surface area contributed by atoms with Crippen molar-refractivity contribution in [2.75, 3.05) is 13.2 Å². The molecular formula is C29H22F3O3S+. The number of halogens is 3. The van der Waals surface area contributed by atoms with Crippen molar-refractivity contribution in [3.63, 3.8) is 0 Å². The normalized spacial score (nSPS) is 11.6. The minimum atomic E-state index is -4.55. The van der Waals surface area contributed by atoms with Gasteiger partial charge >= 0.3 is 12.1 Å². The van der Waals surface area contributed by atoms with Crippen molar-refractivity contribution in [3.05, 3.63) is 108 Å². The van der Waals surface area contributed by atoms with Crippen molar-refractivity contribution in [1.82, 2.24) is 0 Å². The molecule has 0 amide bonds. The van der Waals surface area contributed by atoms with E-state index in [-0.39, 0.29) is 10.5 Å². The van der Waals surface area contributed by atoms with Gasteiger partial charge in [-0.3, -0.25) is 0 Å². The lowest BCUT2D eigenvalue weighted by Gasteiger charge is -2.09. The van der Waals surface area contributed by atoms with Crippen LogP contribution in [0.25, 0.3) is 25.1 Å². The summed E-state index contributed by atoms with van der Waals surface area (Å²) in [5.41, 5.74) is 2.21. The van der Waals surface area contributed by atoms with Gasteiger partial charge < -0.3 is 9.47 Å². The topological polar surface area (TPSA) is 35.5 Å². The monoisotopic (exact) mass is 507 g/mol. The molecule has 0 aliphatic carbocycles. The number of fused-ring (bicyclic) bond motifs is 3. The van der Waals surface area contributed by atoms with Crippen molar-refractivity contribution in [2.45, 2.75) is 12.6 Å². The van der Waals surface area contributed by atoms with Gasteiger partial charge in [-0.15, -0.1) is 0 Å². The van der Waals surface area contributed by atoms with Crippen LogP contribution in [0.2, 0.25) is 0 Å². The van der Waals surface area contributed by atoms with Crippen molar-refractivity contribution >= 4 is 36.6 Å². The molecule has 7 heteroatoms. The largest absolute Gasteiger partial charge is 0.482 e. The first-order valence-electron chi connectivity index (χ1n) is 11.3. The molecule has 3 nitrogen and oxygen atoms in total. The van der Waals surface area contributed by atoms with E-state index in [2.05, 4.69) is 77.5 Å². The van der Waals surface area contributed by atoms with E-state index in [1.54, 1.807) is 12.1 Å². The molecule has 0 N–H and O–H groups in total. The Balaban J connectivity index is 1.26. The Hall–Kier alpha value is -3.84. The van der Waals surface area contributed by atoms with Gasteiger partial charge in [-0.2, -0.15) is 13.2 Å². The second kappa shape index (κ2) is 10.0. The van der Waals surface area contributed by atoms with E-state index < -0.39 is 25.4 Å². The summed E-state index contributed by atoms with van der Waals surface area (Å²) in [5.74, 6) is -0.678. The molecule has 0 bridgehead atoms. The second-order valence-electron chi connectivity index (χ2n) is 8.33. The number of hydrogen-bond donors (Lipinski definition) is 0. The third kappa shape index (κ3) is 5.36. The summed E-state index contributed by atoms with van der Waals surface area (Å²) in [6, 6.07) is 33.0. The zero-order valence-corrected chi connectivity index (χ0v) is 19.9. The maximum Gasteiger partial charge on any atom is 0.422 e. The van der Waals surface area contributed by atoms with Gasteiger partial charge in [0.1, 0.15) is 5.75 Å². The van der Waals surface area contributed by atoms with Gasteiger partial charge in [-0.25, -0.2) is 4.79 Å². The van der Waals surface area contributed by atoms with Crippen LogP contribution in [0.15, 0.2) is 97.1 Å². The number of carbonyl (C=O) groups excluding carboxylic acids is 1. The smallest absolute Gasteiger partial charge is 0.422 e. The SMILES string of the molecule is O=C(COc1ccc(Cc2ccc(-[s+]3c4ccccc4c4ccccc43)cc2)cc1)OCC(F)(F)F. The molecule has 4 aromatic carbocycles. The van der Waals surface area contributed by atoms with E-state index in [9.17, 15) is 18.0 Å². The molecule has 0 fully saturated rings. The minimum Gasteiger partial charge on any atom is -0.482 e. The fourth-order valence-corrected chi connectivity index (χ4v) is 6.51. The zero-order chi connectivity index (χ0) is 25.1. The van der Waals surface area contributed by atoms with E-state index in [1.807, 2.05) is 12.1 Å². The Labute approximate surface area is 208 Å². The van der Waals surface area contributed by atoms with Crippen LogP contribution in [-0.2, 0) is 16.0 Å². The number of carbonyl (C=O) groups is 1. The molecule has 0 aliphatic rings. The summed E-state index contributed by atoms with van der Waals surface area (Å²) in [6.45, 7) is -2.20. The number of rotatable bonds is 7. The highest BCUT2D eigenvalue weighted by atomic mass is 32.2. The van der Waals surface area contributed by atoms with Crippen LogP contribution >= 0.6 is 10.5 Å². The summed E-state index contributed by atoms with van der Waals surface area (Å²) >= 11 is 0. The quantitative estimate of drug-likeness (QED) is 0.167. The summed E-state index contributed by atoms with van der Waals surface area (Å²) in [5, 5.41) is 2.60. The van der Waals surface area contributed by atoms with Crippen LogP contribution in [0, 0.1) is 0 Å². The van der Waals surface area contributed by atoms with Crippen molar-refractivity contribution in [2.24, 2.45) is 0 Å². The van der Waals surface area contributed by atoms with E-state index in [0.29, 0.717) is 5.75 Å². The molecule has 5 rings (SSSR count). The minimum absolute atomic E-state index is 0.128. The summed E-state index contributed by atoms with van der Waals surface area (Å²) in [6.07, 6.45) is -3.84. The van der Waals surface area contributed by atoms with Gasteiger partial charge in [-0.05, 0) is 66.1 Å². The number of ether oxygens (including phenoxy) is 2. The van der Waals surface area contributed by atoms with Gasteiger partial charge in [0, 0.05) is 21.2 Å². The third-order valence-corrected chi connectivity index (χ3v) is 8.08. The van der Waals surface area contributed by atoms with Crippen LogP contribution in [0.5, 0.6) is 5.75 Å². The molecule has 0 spiro atoms. The molecule has 0 unspecified atom stereocenters.